The van der Waals surface area contributed by atoms with E-state index >= 15 is 0 Å². The van der Waals surface area contributed by atoms with E-state index < -0.39 is 0 Å². The SMILES string of the molecule is CC(Cc1nnc(SCCC(N)=O)o1)c1ccccc1. The van der Waals surface area contributed by atoms with Gasteiger partial charge in [0.1, 0.15) is 0 Å². The molecule has 0 bridgehead atoms. The molecule has 0 saturated carbocycles. The number of primary amides is 1. The molecule has 1 unspecified atom stereocenters. The van der Waals surface area contributed by atoms with Crippen LogP contribution in [0.15, 0.2) is 40.0 Å². The molecular weight excluding hydrogens is 274 g/mol. The van der Waals surface area contributed by atoms with Crippen molar-refractivity contribution in [3.8, 4) is 0 Å². The Bertz CT molecular complexity index is 557. The minimum absolute atomic E-state index is 0.308. The van der Waals surface area contributed by atoms with E-state index in [0.29, 0.717) is 35.6 Å². The summed E-state index contributed by atoms with van der Waals surface area (Å²) in [5, 5.41) is 8.47. The van der Waals surface area contributed by atoms with Crippen molar-refractivity contribution in [2.75, 3.05) is 5.75 Å². The van der Waals surface area contributed by atoms with Crippen LogP contribution in [-0.2, 0) is 11.2 Å². The maximum absolute atomic E-state index is 10.6. The normalized spacial score (nSPS) is 12.2. The van der Waals surface area contributed by atoms with Gasteiger partial charge in [0.25, 0.3) is 5.22 Å². The third-order valence-electron chi connectivity index (χ3n) is 2.87. The second kappa shape index (κ2) is 7.09. The van der Waals surface area contributed by atoms with Gasteiger partial charge >= 0.3 is 0 Å². The number of carbonyl (C=O) groups is 1. The summed E-state index contributed by atoms with van der Waals surface area (Å²) in [5.41, 5.74) is 6.32. The van der Waals surface area contributed by atoms with E-state index in [9.17, 15) is 4.79 Å². The van der Waals surface area contributed by atoms with Gasteiger partial charge in [0, 0.05) is 18.6 Å². The van der Waals surface area contributed by atoms with Crippen LogP contribution in [0.25, 0.3) is 0 Å². The lowest BCUT2D eigenvalue weighted by molar-refractivity contribution is -0.117. The first-order valence-corrected chi connectivity index (χ1v) is 7.42. The molecule has 2 rings (SSSR count). The third kappa shape index (κ3) is 4.38. The third-order valence-corrected chi connectivity index (χ3v) is 3.69. The Hall–Kier alpha value is -1.82. The second-order valence-corrected chi connectivity index (χ2v) is 5.59. The molecule has 2 aromatic rings. The second-order valence-electron chi connectivity index (χ2n) is 4.54. The molecule has 0 aliphatic rings. The molecule has 0 aliphatic heterocycles. The van der Waals surface area contributed by atoms with Crippen molar-refractivity contribution in [2.24, 2.45) is 5.73 Å². The summed E-state index contributed by atoms with van der Waals surface area (Å²) in [6, 6.07) is 10.2. The van der Waals surface area contributed by atoms with Crippen LogP contribution in [0.2, 0.25) is 0 Å². The number of aromatic nitrogens is 2. The Labute approximate surface area is 122 Å². The topological polar surface area (TPSA) is 82.0 Å². The molecular formula is C14H17N3O2S. The molecule has 106 valence electrons. The highest BCUT2D eigenvalue weighted by atomic mass is 32.2. The van der Waals surface area contributed by atoms with Gasteiger partial charge in [-0.05, 0) is 11.5 Å². The molecule has 0 aliphatic carbocycles. The molecule has 20 heavy (non-hydrogen) atoms. The molecule has 1 aromatic heterocycles. The van der Waals surface area contributed by atoms with Crippen molar-refractivity contribution in [1.29, 1.82) is 0 Å². The Morgan fingerprint density at radius 2 is 2.10 bits per heavy atom. The van der Waals surface area contributed by atoms with E-state index in [1.54, 1.807) is 0 Å². The number of rotatable bonds is 7. The zero-order valence-corrected chi connectivity index (χ0v) is 12.1. The Balaban J connectivity index is 1.88. The highest BCUT2D eigenvalue weighted by molar-refractivity contribution is 7.99. The number of thioether (sulfide) groups is 1. The molecule has 0 spiro atoms. The lowest BCUT2D eigenvalue weighted by Crippen LogP contribution is -2.10. The van der Waals surface area contributed by atoms with Gasteiger partial charge in [-0.3, -0.25) is 4.79 Å². The number of nitrogens with two attached hydrogens (primary N) is 1. The van der Waals surface area contributed by atoms with Gasteiger partial charge < -0.3 is 10.2 Å². The molecule has 6 heteroatoms. The number of hydrogen-bond donors (Lipinski definition) is 1. The van der Waals surface area contributed by atoms with Gasteiger partial charge in [-0.15, -0.1) is 10.2 Å². The number of benzene rings is 1. The molecule has 1 heterocycles. The minimum atomic E-state index is -0.324. The molecule has 5 nitrogen and oxygen atoms in total. The highest BCUT2D eigenvalue weighted by Crippen LogP contribution is 2.22. The maximum Gasteiger partial charge on any atom is 0.276 e. The maximum atomic E-state index is 10.6. The fraction of sp³-hybridized carbons (Fsp3) is 0.357. The van der Waals surface area contributed by atoms with Crippen molar-refractivity contribution >= 4 is 17.7 Å². The largest absolute Gasteiger partial charge is 0.416 e. The molecule has 0 saturated heterocycles. The minimum Gasteiger partial charge on any atom is -0.416 e. The predicted octanol–water partition coefficient (Wildman–Crippen LogP) is 2.38. The first-order valence-electron chi connectivity index (χ1n) is 6.43. The first kappa shape index (κ1) is 14.6. The molecule has 2 N–H and O–H groups in total. The summed E-state index contributed by atoms with van der Waals surface area (Å²) in [6.45, 7) is 2.12. The quantitative estimate of drug-likeness (QED) is 0.792. The Morgan fingerprint density at radius 3 is 2.80 bits per heavy atom. The monoisotopic (exact) mass is 291 g/mol. The summed E-state index contributed by atoms with van der Waals surface area (Å²) >= 11 is 1.35. The number of hydrogen-bond acceptors (Lipinski definition) is 5. The standard InChI is InChI=1S/C14H17N3O2S/c1-10(11-5-3-2-4-6-11)9-13-16-17-14(19-13)20-8-7-12(15)18/h2-6,10H,7-9H2,1H3,(H2,15,18). The number of carbonyl (C=O) groups excluding carboxylic acids is 1. The summed E-state index contributed by atoms with van der Waals surface area (Å²) in [5.74, 6) is 1.17. The van der Waals surface area contributed by atoms with Crippen LogP contribution in [0.5, 0.6) is 0 Å². The van der Waals surface area contributed by atoms with Crippen LogP contribution in [0.3, 0.4) is 0 Å². The van der Waals surface area contributed by atoms with Crippen molar-refractivity contribution < 1.29 is 9.21 Å². The Kier molecular flexibility index (Phi) is 5.17. The molecule has 1 atom stereocenters. The van der Waals surface area contributed by atoms with E-state index in [4.69, 9.17) is 10.2 Å². The van der Waals surface area contributed by atoms with Crippen LogP contribution in [-0.4, -0.2) is 21.9 Å². The van der Waals surface area contributed by atoms with Crippen LogP contribution in [0, 0.1) is 0 Å². The van der Waals surface area contributed by atoms with Gasteiger partial charge in [-0.25, -0.2) is 0 Å². The number of nitrogens with zero attached hydrogens (tertiary/aromatic N) is 2. The fourth-order valence-electron chi connectivity index (χ4n) is 1.78. The molecule has 0 radical (unpaired) electrons. The fourth-order valence-corrected chi connectivity index (χ4v) is 2.51. The highest BCUT2D eigenvalue weighted by Gasteiger charge is 2.12. The van der Waals surface area contributed by atoms with Gasteiger partial charge in [0.2, 0.25) is 11.8 Å². The van der Waals surface area contributed by atoms with E-state index in [1.165, 1.54) is 17.3 Å². The predicted molar refractivity (Wildman–Crippen MR) is 77.4 cm³/mol. The lowest BCUT2D eigenvalue weighted by Gasteiger charge is -2.08. The van der Waals surface area contributed by atoms with Crippen LogP contribution < -0.4 is 5.73 Å². The van der Waals surface area contributed by atoms with Crippen LogP contribution in [0.1, 0.15) is 30.7 Å². The van der Waals surface area contributed by atoms with Crippen molar-refractivity contribution in [1.82, 2.24) is 10.2 Å². The summed E-state index contributed by atoms with van der Waals surface area (Å²) in [4.78, 5) is 10.6. The zero-order valence-electron chi connectivity index (χ0n) is 11.3. The van der Waals surface area contributed by atoms with Crippen molar-refractivity contribution in [2.45, 2.75) is 30.9 Å². The summed E-state index contributed by atoms with van der Waals surface area (Å²) < 4.78 is 5.55. The van der Waals surface area contributed by atoms with E-state index in [2.05, 4.69) is 29.3 Å². The smallest absolute Gasteiger partial charge is 0.276 e. The van der Waals surface area contributed by atoms with Crippen molar-refractivity contribution in [3.05, 3.63) is 41.8 Å². The molecule has 0 fully saturated rings. The van der Waals surface area contributed by atoms with Gasteiger partial charge in [0.05, 0.1) is 0 Å². The Morgan fingerprint density at radius 1 is 1.35 bits per heavy atom. The summed E-state index contributed by atoms with van der Waals surface area (Å²) in [6.07, 6.45) is 1.01. The molecule has 1 aromatic carbocycles. The average Bonchev–Trinajstić information content (AvgIpc) is 2.87. The van der Waals surface area contributed by atoms with E-state index in [-0.39, 0.29) is 5.91 Å². The summed E-state index contributed by atoms with van der Waals surface area (Å²) in [7, 11) is 0. The van der Waals surface area contributed by atoms with Gasteiger partial charge in [-0.2, -0.15) is 0 Å². The zero-order chi connectivity index (χ0) is 14.4. The number of amides is 1. The van der Waals surface area contributed by atoms with E-state index in [0.717, 1.165) is 0 Å². The first-order chi connectivity index (χ1) is 9.65. The van der Waals surface area contributed by atoms with Gasteiger partial charge in [0.15, 0.2) is 0 Å². The molecule has 1 amide bonds. The van der Waals surface area contributed by atoms with Crippen molar-refractivity contribution in [3.63, 3.8) is 0 Å². The van der Waals surface area contributed by atoms with Gasteiger partial charge in [-0.1, -0.05) is 49.0 Å². The van der Waals surface area contributed by atoms with Crippen LogP contribution >= 0.6 is 11.8 Å². The van der Waals surface area contributed by atoms with Crippen LogP contribution in [0.4, 0.5) is 0 Å². The average molecular weight is 291 g/mol. The van der Waals surface area contributed by atoms with E-state index in [1.807, 2.05) is 18.2 Å². The lowest BCUT2D eigenvalue weighted by atomic mass is 9.98.